The zero-order valence-corrected chi connectivity index (χ0v) is 12.4. The van der Waals surface area contributed by atoms with E-state index in [0.29, 0.717) is 22.6 Å². The third kappa shape index (κ3) is 3.52. The van der Waals surface area contributed by atoms with Crippen LogP contribution in [0.1, 0.15) is 21.3 Å². The molecule has 1 atom stereocenters. The molecule has 0 aliphatic carbocycles. The quantitative estimate of drug-likeness (QED) is 0.618. The lowest BCUT2D eigenvalue weighted by Gasteiger charge is -2.11. The number of rotatable bonds is 5. The molecule has 2 aromatic rings. The Morgan fingerprint density at radius 1 is 1.05 bits per heavy atom. The van der Waals surface area contributed by atoms with Crippen molar-refractivity contribution in [2.24, 2.45) is 0 Å². The van der Waals surface area contributed by atoms with E-state index in [0.717, 1.165) is 0 Å². The molecule has 0 N–H and O–H groups in total. The Bertz CT molecular complexity index is 618. The van der Waals surface area contributed by atoms with Crippen molar-refractivity contribution >= 4 is 17.4 Å². The topological polar surface area (TPSA) is 35.5 Å². The van der Waals surface area contributed by atoms with Gasteiger partial charge >= 0.3 is 0 Å². The van der Waals surface area contributed by atoms with E-state index in [1.165, 1.54) is 38.5 Å². The highest BCUT2D eigenvalue weighted by molar-refractivity contribution is 6.34. The van der Waals surface area contributed by atoms with Gasteiger partial charge in [-0.3, -0.25) is 4.79 Å². The van der Waals surface area contributed by atoms with Crippen molar-refractivity contribution in [3.63, 3.8) is 0 Å². The molecule has 0 aromatic heterocycles. The lowest BCUT2D eigenvalue weighted by Crippen LogP contribution is -2.08. The molecule has 2 rings (SSSR count). The van der Waals surface area contributed by atoms with Gasteiger partial charge in [-0.1, -0.05) is 12.1 Å². The number of hydrogen-bond donors (Lipinski definition) is 0. The molecule has 0 fully saturated rings. The predicted molar refractivity (Wildman–Crippen MR) is 78.9 cm³/mol. The third-order valence-electron chi connectivity index (χ3n) is 3.03. The fourth-order valence-electron chi connectivity index (χ4n) is 1.88. The number of benzene rings is 2. The second-order valence-corrected chi connectivity index (χ2v) is 4.82. The van der Waals surface area contributed by atoms with Gasteiger partial charge in [-0.15, -0.1) is 11.6 Å². The summed E-state index contributed by atoms with van der Waals surface area (Å²) in [5.74, 6) is 0.319. The Morgan fingerprint density at radius 2 is 1.57 bits per heavy atom. The SMILES string of the molecule is COc1cc(OC)cc(C(=O)C(Cl)c2ccc(F)cc2)c1. The molecule has 2 aromatic carbocycles. The molecule has 1 unspecified atom stereocenters. The molecule has 0 spiro atoms. The van der Waals surface area contributed by atoms with Gasteiger partial charge in [0, 0.05) is 11.6 Å². The first kappa shape index (κ1) is 15.3. The molecule has 0 radical (unpaired) electrons. The monoisotopic (exact) mass is 308 g/mol. The Kier molecular flexibility index (Phi) is 4.81. The van der Waals surface area contributed by atoms with Crippen LogP contribution in [0.3, 0.4) is 0 Å². The summed E-state index contributed by atoms with van der Waals surface area (Å²) in [5.41, 5.74) is 0.903. The number of hydrogen-bond acceptors (Lipinski definition) is 3. The Hall–Kier alpha value is -2.07. The van der Waals surface area contributed by atoms with Crippen LogP contribution in [0.25, 0.3) is 0 Å². The summed E-state index contributed by atoms with van der Waals surface area (Å²) in [4.78, 5) is 12.4. The average Bonchev–Trinajstić information content (AvgIpc) is 2.53. The van der Waals surface area contributed by atoms with Crippen molar-refractivity contribution in [1.82, 2.24) is 0 Å². The first-order valence-electron chi connectivity index (χ1n) is 6.22. The normalized spacial score (nSPS) is 11.8. The number of halogens is 2. The second kappa shape index (κ2) is 6.59. The van der Waals surface area contributed by atoms with Crippen LogP contribution in [0.2, 0.25) is 0 Å². The summed E-state index contributed by atoms with van der Waals surface area (Å²) >= 11 is 6.18. The molecule has 0 bridgehead atoms. The number of carbonyl (C=O) groups excluding carboxylic acids is 1. The second-order valence-electron chi connectivity index (χ2n) is 4.38. The van der Waals surface area contributed by atoms with Gasteiger partial charge in [0.05, 0.1) is 14.2 Å². The molecule has 3 nitrogen and oxygen atoms in total. The first-order chi connectivity index (χ1) is 10.0. The highest BCUT2D eigenvalue weighted by atomic mass is 35.5. The summed E-state index contributed by atoms with van der Waals surface area (Å²) in [7, 11) is 3.00. The van der Waals surface area contributed by atoms with Crippen LogP contribution in [-0.2, 0) is 0 Å². The predicted octanol–water partition coefficient (Wildman–Crippen LogP) is 4.01. The van der Waals surface area contributed by atoms with E-state index < -0.39 is 5.38 Å². The maximum Gasteiger partial charge on any atom is 0.185 e. The molecule has 0 amide bonds. The maximum absolute atomic E-state index is 12.9. The molecule has 0 saturated carbocycles. The molecule has 0 aliphatic rings. The zero-order chi connectivity index (χ0) is 15.4. The van der Waals surface area contributed by atoms with Crippen LogP contribution in [-0.4, -0.2) is 20.0 Å². The Balaban J connectivity index is 2.32. The van der Waals surface area contributed by atoms with Crippen LogP contribution < -0.4 is 9.47 Å². The van der Waals surface area contributed by atoms with Crippen molar-refractivity contribution < 1.29 is 18.7 Å². The van der Waals surface area contributed by atoms with E-state index in [4.69, 9.17) is 21.1 Å². The van der Waals surface area contributed by atoms with Crippen molar-refractivity contribution in [3.8, 4) is 11.5 Å². The van der Waals surface area contributed by atoms with Gasteiger partial charge < -0.3 is 9.47 Å². The van der Waals surface area contributed by atoms with Crippen LogP contribution >= 0.6 is 11.6 Å². The molecule has 110 valence electrons. The van der Waals surface area contributed by atoms with Gasteiger partial charge in [0.25, 0.3) is 0 Å². The molecule has 5 heteroatoms. The number of carbonyl (C=O) groups is 1. The van der Waals surface area contributed by atoms with Gasteiger partial charge in [-0.2, -0.15) is 0 Å². The summed E-state index contributed by atoms with van der Waals surface area (Å²) in [5, 5.41) is -0.901. The van der Waals surface area contributed by atoms with E-state index in [2.05, 4.69) is 0 Å². The smallest absolute Gasteiger partial charge is 0.185 e. The van der Waals surface area contributed by atoms with E-state index in [9.17, 15) is 9.18 Å². The first-order valence-corrected chi connectivity index (χ1v) is 6.65. The lowest BCUT2D eigenvalue weighted by atomic mass is 10.0. The molecule has 21 heavy (non-hydrogen) atoms. The maximum atomic E-state index is 12.9. The highest BCUT2D eigenvalue weighted by Crippen LogP contribution is 2.29. The molecular formula is C16H14ClFO3. The number of ketones is 1. The molecular weight excluding hydrogens is 295 g/mol. The lowest BCUT2D eigenvalue weighted by molar-refractivity contribution is 0.0986. The van der Waals surface area contributed by atoms with Gasteiger partial charge in [-0.25, -0.2) is 4.39 Å². The minimum absolute atomic E-state index is 0.305. The fourth-order valence-corrected chi connectivity index (χ4v) is 2.15. The molecule has 0 aliphatic heterocycles. The molecule has 0 saturated heterocycles. The van der Waals surface area contributed by atoms with E-state index in [1.807, 2.05) is 0 Å². The van der Waals surface area contributed by atoms with E-state index in [1.54, 1.807) is 18.2 Å². The van der Waals surface area contributed by atoms with E-state index in [-0.39, 0.29) is 11.6 Å². The molecule has 0 heterocycles. The van der Waals surface area contributed by atoms with Gasteiger partial charge in [-0.05, 0) is 29.8 Å². The standard InChI is InChI=1S/C16H14ClFO3/c1-20-13-7-11(8-14(9-13)21-2)16(19)15(17)10-3-5-12(18)6-4-10/h3-9,15H,1-2H3. The highest BCUT2D eigenvalue weighted by Gasteiger charge is 2.21. The minimum atomic E-state index is -0.901. The van der Waals surface area contributed by atoms with E-state index >= 15 is 0 Å². The minimum Gasteiger partial charge on any atom is -0.497 e. The van der Waals surface area contributed by atoms with Crippen LogP contribution in [0, 0.1) is 5.82 Å². The third-order valence-corrected chi connectivity index (χ3v) is 3.48. The van der Waals surface area contributed by atoms with Crippen LogP contribution in [0.5, 0.6) is 11.5 Å². The number of Topliss-reactive ketones (excluding diaryl/α,β-unsaturated/α-hetero) is 1. The number of methoxy groups -OCH3 is 2. The Labute approximate surface area is 127 Å². The van der Waals surface area contributed by atoms with Crippen molar-refractivity contribution in [2.45, 2.75) is 5.38 Å². The Morgan fingerprint density at radius 3 is 2.05 bits per heavy atom. The summed E-state index contributed by atoms with van der Waals surface area (Å²) < 4.78 is 23.2. The van der Waals surface area contributed by atoms with Gasteiger partial charge in [0.2, 0.25) is 0 Å². The summed E-state index contributed by atoms with van der Waals surface area (Å²) in [6.45, 7) is 0. The van der Waals surface area contributed by atoms with Gasteiger partial charge in [0.1, 0.15) is 22.7 Å². The summed E-state index contributed by atoms with van der Waals surface area (Å²) in [6.07, 6.45) is 0. The van der Waals surface area contributed by atoms with Crippen molar-refractivity contribution in [2.75, 3.05) is 14.2 Å². The van der Waals surface area contributed by atoms with Crippen LogP contribution in [0.15, 0.2) is 42.5 Å². The van der Waals surface area contributed by atoms with Crippen LogP contribution in [0.4, 0.5) is 4.39 Å². The average molecular weight is 309 g/mol. The summed E-state index contributed by atoms with van der Waals surface area (Å²) in [6, 6.07) is 10.4. The van der Waals surface area contributed by atoms with Crippen molar-refractivity contribution in [1.29, 1.82) is 0 Å². The number of alkyl halides is 1. The number of ether oxygens (including phenoxy) is 2. The zero-order valence-electron chi connectivity index (χ0n) is 11.6. The largest absolute Gasteiger partial charge is 0.497 e. The fraction of sp³-hybridized carbons (Fsp3) is 0.188. The van der Waals surface area contributed by atoms with Gasteiger partial charge in [0.15, 0.2) is 5.78 Å². The van der Waals surface area contributed by atoms with Crippen molar-refractivity contribution in [3.05, 3.63) is 59.4 Å².